The number of hydrogen-bond donors (Lipinski definition) is 0. The summed E-state index contributed by atoms with van der Waals surface area (Å²) in [5, 5.41) is 0.953. The average molecular weight is 442 g/mol. The molecule has 0 unspecified atom stereocenters. The molecular weight excluding hydrogens is 418 g/mol. The molecule has 3 rings (SSSR count). The Morgan fingerprint density at radius 1 is 1.27 bits per heavy atom. The molecule has 0 N–H and O–H groups in total. The van der Waals surface area contributed by atoms with Crippen molar-refractivity contribution in [3.63, 3.8) is 0 Å². The second-order valence-corrected chi connectivity index (χ2v) is 10.1. The molecule has 0 atom stereocenters. The highest BCUT2D eigenvalue weighted by molar-refractivity contribution is 9.10. The Morgan fingerprint density at radius 3 is 2.62 bits per heavy atom. The number of benzene rings is 1. The zero-order valence-corrected chi connectivity index (χ0v) is 17.7. The van der Waals surface area contributed by atoms with Gasteiger partial charge in [0.1, 0.15) is 23.7 Å². The Hall–Kier alpha value is -1.25. The SMILES string of the molecule is Cc1ncnc2c(OC3CCN(S(=O)(=O)CC(C)C)CC3)cc(Br)cc12. The zero-order valence-electron chi connectivity index (χ0n) is 15.3. The van der Waals surface area contributed by atoms with Gasteiger partial charge in [0, 0.05) is 28.6 Å². The van der Waals surface area contributed by atoms with E-state index in [0.29, 0.717) is 31.7 Å². The summed E-state index contributed by atoms with van der Waals surface area (Å²) in [6.07, 6.45) is 2.87. The predicted molar refractivity (Wildman–Crippen MR) is 106 cm³/mol. The van der Waals surface area contributed by atoms with E-state index in [-0.39, 0.29) is 17.8 Å². The van der Waals surface area contributed by atoms with Crippen LogP contribution in [0.5, 0.6) is 5.75 Å². The van der Waals surface area contributed by atoms with E-state index in [9.17, 15) is 8.42 Å². The van der Waals surface area contributed by atoms with E-state index >= 15 is 0 Å². The van der Waals surface area contributed by atoms with Gasteiger partial charge in [-0.15, -0.1) is 0 Å². The van der Waals surface area contributed by atoms with Crippen molar-refractivity contribution < 1.29 is 13.2 Å². The third-order valence-corrected chi connectivity index (χ3v) is 7.20. The van der Waals surface area contributed by atoms with Gasteiger partial charge in [-0.1, -0.05) is 29.8 Å². The molecular formula is C18H24BrN3O3S. The largest absolute Gasteiger partial charge is 0.488 e. The lowest BCUT2D eigenvalue weighted by molar-refractivity contribution is 0.136. The number of hydrogen-bond acceptors (Lipinski definition) is 5. The van der Waals surface area contributed by atoms with Gasteiger partial charge >= 0.3 is 0 Å². The molecule has 1 aromatic carbocycles. The van der Waals surface area contributed by atoms with Gasteiger partial charge in [0.15, 0.2) is 0 Å². The van der Waals surface area contributed by atoms with Crippen LogP contribution in [-0.2, 0) is 10.0 Å². The fourth-order valence-electron chi connectivity index (χ4n) is 3.25. The number of ether oxygens (including phenoxy) is 1. The quantitative estimate of drug-likeness (QED) is 0.709. The lowest BCUT2D eigenvalue weighted by atomic mass is 10.1. The molecule has 0 saturated carbocycles. The Bertz CT molecular complexity index is 894. The minimum Gasteiger partial charge on any atom is -0.488 e. The van der Waals surface area contributed by atoms with Crippen LogP contribution >= 0.6 is 15.9 Å². The van der Waals surface area contributed by atoms with Gasteiger partial charge in [-0.05, 0) is 37.8 Å². The molecule has 6 nitrogen and oxygen atoms in total. The fraction of sp³-hybridized carbons (Fsp3) is 0.556. The average Bonchev–Trinajstić information content (AvgIpc) is 2.55. The molecule has 1 aliphatic rings. The lowest BCUT2D eigenvalue weighted by Gasteiger charge is -2.32. The highest BCUT2D eigenvalue weighted by Gasteiger charge is 2.29. The van der Waals surface area contributed by atoms with E-state index in [2.05, 4.69) is 25.9 Å². The van der Waals surface area contributed by atoms with Crippen LogP contribution in [0.25, 0.3) is 10.9 Å². The van der Waals surface area contributed by atoms with Crippen LogP contribution in [0.2, 0.25) is 0 Å². The van der Waals surface area contributed by atoms with E-state index in [1.165, 1.54) is 0 Å². The molecule has 0 radical (unpaired) electrons. The van der Waals surface area contributed by atoms with Crippen molar-refractivity contribution in [1.29, 1.82) is 0 Å². The molecule has 8 heteroatoms. The lowest BCUT2D eigenvalue weighted by Crippen LogP contribution is -2.43. The Labute approximate surface area is 163 Å². The predicted octanol–water partition coefficient (Wildman–Crippen LogP) is 3.53. The minimum absolute atomic E-state index is 0.0201. The summed E-state index contributed by atoms with van der Waals surface area (Å²) in [5.41, 5.74) is 1.69. The fourth-order valence-corrected chi connectivity index (χ4v) is 5.51. The topological polar surface area (TPSA) is 72.4 Å². The van der Waals surface area contributed by atoms with Crippen molar-refractivity contribution in [2.75, 3.05) is 18.8 Å². The summed E-state index contributed by atoms with van der Waals surface area (Å²) in [4.78, 5) is 8.61. The number of fused-ring (bicyclic) bond motifs is 1. The summed E-state index contributed by atoms with van der Waals surface area (Å²) >= 11 is 3.52. The highest BCUT2D eigenvalue weighted by Crippen LogP contribution is 2.32. The molecule has 0 aliphatic carbocycles. The standard InChI is InChI=1S/C18H24BrN3O3S/c1-12(2)10-26(23,24)22-6-4-15(5-7-22)25-17-9-14(19)8-16-13(3)20-11-21-18(16)17/h8-9,11-12,15H,4-7,10H2,1-3H3. The van der Waals surface area contributed by atoms with Crippen LogP contribution < -0.4 is 4.74 Å². The van der Waals surface area contributed by atoms with Crippen molar-refractivity contribution in [1.82, 2.24) is 14.3 Å². The number of aryl methyl sites for hydroxylation is 1. The number of halogens is 1. The van der Waals surface area contributed by atoms with E-state index in [1.54, 1.807) is 10.6 Å². The highest BCUT2D eigenvalue weighted by atomic mass is 79.9. The first-order chi connectivity index (χ1) is 12.3. The van der Waals surface area contributed by atoms with E-state index in [4.69, 9.17) is 4.74 Å². The summed E-state index contributed by atoms with van der Waals surface area (Å²) in [6, 6.07) is 3.90. The van der Waals surface area contributed by atoms with E-state index in [0.717, 1.165) is 21.1 Å². The Morgan fingerprint density at radius 2 is 1.96 bits per heavy atom. The normalized spacial score (nSPS) is 17.1. The number of piperidine rings is 1. The summed E-state index contributed by atoms with van der Waals surface area (Å²) in [7, 11) is -3.18. The minimum atomic E-state index is -3.18. The van der Waals surface area contributed by atoms with Crippen LogP contribution in [0.3, 0.4) is 0 Å². The summed E-state index contributed by atoms with van der Waals surface area (Å²) in [5.74, 6) is 1.04. The first-order valence-corrected chi connectivity index (χ1v) is 11.2. The van der Waals surface area contributed by atoms with Crippen molar-refractivity contribution >= 4 is 36.9 Å². The number of nitrogens with zero attached hydrogens (tertiary/aromatic N) is 3. The van der Waals surface area contributed by atoms with Crippen LogP contribution in [0, 0.1) is 12.8 Å². The van der Waals surface area contributed by atoms with E-state index in [1.807, 2.05) is 32.9 Å². The molecule has 2 heterocycles. The Balaban J connectivity index is 1.73. The molecule has 0 spiro atoms. The second kappa shape index (κ2) is 7.78. The van der Waals surface area contributed by atoms with Crippen LogP contribution in [-0.4, -0.2) is 47.6 Å². The van der Waals surface area contributed by atoms with Crippen LogP contribution in [0.4, 0.5) is 0 Å². The first-order valence-electron chi connectivity index (χ1n) is 8.81. The van der Waals surface area contributed by atoms with E-state index < -0.39 is 10.0 Å². The van der Waals surface area contributed by atoms with Crippen molar-refractivity contribution in [3.05, 3.63) is 28.6 Å². The van der Waals surface area contributed by atoms with Gasteiger partial charge in [-0.25, -0.2) is 22.7 Å². The monoisotopic (exact) mass is 441 g/mol. The number of rotatable bonds is 5. The van der Waals surface area contributed by atoms with Crippen molar-refractivity contribution in [3.8, 4) is 5.75 Å². The molecule has 0 amide bonds. The third kappa shape index (κ3) is 4.35. The summed E-state index contributed by atoms with van der Waals surface area (Å²) in [6.45, 7) is 6.79. The van der Waals surface area contributed by atoms with Gasteiger partial charge in [0.25, 0.3) is 0 Å². The van der Waals surface area contributed by atoms with Gasteiger partial charge in [-0.3, -0.25) is 0 Å². The maximum Gasteiger partial charge on any atom is 0.214 e. The van der Waals surface area contributed by atoms with Crippen LogP contribution in [0.15, 0.2) is 22.9 Å². The molecule has 142 valence electrons. The molecule has 1 aromatic heterocycles. The molecule has 1 fully saturated rings. The molecule has 0 bridgehead atoms. The van der Waals surface area contributed by atoms with Gasteiger partial charge in [0.2, 0.25) is 10.0 Å². The number of aromatic nitrogens is 2. The third-order valence-electron chi connectivity index (χ3n) is 4.50. The molecule has 1 aliphatic heterocycles. The molecule has 1 saturated heterocycles. The van der Waals surface area contributed by atoms with Crippen molar-refractivity contribution in [2.45, 2.75) is 39.7 Å². The van der Waals surface area contributed by atoms with Gasteiger partial charge < -0.3 is 4.74 Å². The zero-order chi connectivity index (χ0) is 18.9. The number of sulfonamides is 1. The Kier molecular flexibility index (Phi) is 5.84. The van der Waals surface area contributed by atoms with Crippen molar-refractivity contribution in [2.24, 2.45) is 5.92 Å². The second-order valence-electron chi connectivity index (χ2n) is 7.15. The smallest absolute Gasteiger partial charge is 0.214 e. The maximum absolute atomic E-state index is 12.4. The van der Waals surface area contributed by atoms with Gasteiger partial charge in [-0.2, -0.15) is 0 Å². The molecule has 26 heavy (non-hydrogen) atoms. The maximum atomic E-state index is 12.4. The summed E-state index contributed by atoms with van der Waals surface area (Å²) < 4.78 is 33.5. The van der Waals surface area contributed by atoms with Gasteiger partial charge in [0.05, 0.1) is 5.75 Å². The molecule has 2 aromatic rings. The first kappa shape index (κ1) is 19.5. The van der Waals surface area contributed by atoms with Crippen LogP contribution in [0.1, 0.15) is 32.4 Å².